The molecule has 0 aliphatic carbocycles. The van der Waals surface area contributed by atoms with Crippen LogP contribution in [-0.2, 0) is 0 Å². The van der Waals surface area contributed by atoms with Gasteiger partial charge >= 0.3 is 0 Å². The van der Waals surface area contributed by atoms with E-state index in [0.717, 1.165) is 11.2 Å². The molecule has 0 fully saturated rings. The summed E-state index contributed by atoms with van der Waals surface area (Å²) in [4.78, 5) is 0. The molecular formula is C5H7NO. The predicted molar refractivity (Wildman–Crippen MR) is 28.3 cm³/mol. The Labute approximate surface area is 42.4 Å². The lowest BCUT2D eigenvalue weighted by Crippen LogP contribution is -1.91. The van der Waals surface area contributed by atoms with Crippen molar-refractivity contribution in [2.24, 2.45) is 0 Å². The van der Waals surface area contributed by atoms with E-state index in [9.17, 15) is 5.21 Å². The van der Waals surface area contributed by atoms with Gasteiger partial charge in [0.2, 0.25) is 12.3 Å². The van der Waals surface area contributed by atoms with Crippen molar-refractivity contribution >= 4 is 6.21 Å². The summed E-state index contributed by atoms with van der Waals surface area (Å²) in [6.07, 6.45) is 4.17. The third-order valence-corrected chi connectivity index (χ3v) is 0.964. The molecule has 0 N–H and O–H groups in total. The molecule has 0 aromatic carbocycles. The summed E-state index contributed by atoms with van der Waals surface area (Å²) in [5.74, 6) is 0. The summed E-state index contributed by atoms with van der Waals surface area (Å²) in [5.41, 5.74) is 0. The normalized spacial score (nSPS) is 26.3. The second-order valence-corrected chi connectivity index (χ2v) is 1.60. The van der Waals surface area contributed by atoms with Gasteiger partial charge < -0.3 is 5.21 Å². The Hall–Kier alpha value is -0.790. The molecule has 1 aliphatic heterocycles. The van der Waals surface area contributed by atoms with Crippen LogP contribution in [0.25, 0.3) is 0 Å². The van der Waals surface area contributed by atoms with Gasteiger partial charge in [-0.2, -0.15) is 4.74 Å². The Bertz CT molecular complexity index is 117. The fraction of sp³-hybridized carbons (Fsp3) is 0.400. The number of hydrogen-bond acceptors (Lipinski definition) is 1. The van der Waals surface area contributed by atoms with E-state index in [4.69, 9.17) is 0 Å². The van der Waals surface area contributed by atoms with Crippen LogP contribution in [0.1, 0.15) is 6.42 Å². The standard InChI is InChI=1S/C5H7NO/c1-2-3-5-4-6(5)7/h2,4-5H,1,3H2. The zero-order chi connectivity index (χ0) is 5.28. The molecule has 0 spiro atoms. The maximum absolute atomic E-state index is 10.1. The number of rotatable bonds is 2. The van der Waals surface area contributed by atoms with Crippen LogP contribution in [0, 0.1) is 5.21 Å². The van der Waals surface area contributed by atoms with Gasteiger partial charge in [0.25, 0.3) is 0 Å². The van der Waals surface area contributed by atoms with Crippen molar-refractivity contribution in [3.8, 4) is 0 Å². The van der Waals surface area contributed by atoms with Crippen LogP contribution in [-0.4, -0.2) is 17.0 Å². The van der Waals surface area contributed by atoms with Crippen molar-refractivity contribution in [2.75, 3.05) is 0 Å². The van der Waals surface area contributed by atoms with Gasteiger partial charge in [-0.15, -0.1) is 6.58 Å². The lowest BCUT2D eigenvalue weighted by Gasteiger charge is -1.84. The SMILES string of the molecule is C=CCC1C=[N+]1[O-]. The molecule has 0 saturated carbocycles. The third kappa shape index (κ3) is 0.796. The fourth-order valence-electron chi connectivity index (χ4n) is 0.467. The maximum atomic E-state index is 10.1. The zero-order valence-electron chi connectivity index (χ0n) is 4.00. The molecule has 0 aromatic rings. The second kappa shape index (κ2) is 1.37. The Morgan fingerprint density at radius 1 is 2.00 bits per heavy atom. The zero-order valence-corrected chi connectivity index (χ0v) is 4.00. The minimum absolute atomic E-state index is 0.150. The minimum atomic E-state index is 0.150. The monoisotopic (exact) mass is 97.1 g/mol. The first-order valence-electron chi connectivity index (χ1n) is 2.26. The molecule has 0 saturated heterocycles. The van der Waals surface area contributed by atoms with Crippen LogP contribution in [0.5, 0.6) is 0 Å². The average Bonchev–Trinajstić information content (AvgIpc) is 2.22. The van der Waals surface area contributed by atoms with Crippen molar-refractivity contribution in [3.05, 3.63) is 17.9 Å². The number of hydrogen-bond donors (Lipinski definition) is 0. The highest BCUT2D eigenvalue weighted by Crippen LogP contribution is 2.04. The van der Waals surface area contributed by atoms with Gasteiger partial charge in [-0.25, -0.2) is 0 Å². The van der Waals surface area contributed by atoms with Crippen LogP contribution < -0.4 is 0 Å². The number of hydroxylamine groups is 1. The Balaban J connectivity index is 2.13. The van der Waals surface area contributed by atoms with Crippen molar-refractivity contribution in [1.82, 2.24) is 0 Å². The Morgan fingerprint density at radius 2 is 2.57 bits per heavy atom. The van der Waals surface area contributed by atoms with Crippen LogP contribution in [0.4, 0.5) is 0 Å². The van der Waals surface area contributed by atoms with Crippen LogP contribution in [0.15, 0.2) is 12.7 Å². The summed E-state index contributed by atoms with van der Waals surface area (Å²) >= 11 is 0. The van der Waals surface area contributed by atoms with Crippen LogP contribution in [0.2, 0.25) is 0 Å². The van der Waals surface area contributed by atoms with Gasteiger partial charge in [0.05, 0.1) is 0 Å². The highest BCUT2D eigenvalue weighted by molar-refractivity contribution is 5.66. The van der Waals surface area contributed by atoms with Crippen molar-refractivity contribution in [3.63, 3.8) is 0 Å². The predicted octanol–water partition coefficient (Wildman–Crippen LogP) is 0.526. The van der Waals surface area contributed by atoms with E-state index in [2.05, 4.69) is 6.58 Å². The largest absolute Gasteiger partial charge is 0.623 e. The van der Waals surface area contributed by atoms with E-state index < -0.39 is 0 Å². The smallest absolute Gasteiger partial charge is 0.242 e. The summed E-state index contributed by atoms with van der Waals surface area (Å²) in [6.45, 7) is 3.49. The van der Waals surface area contributed by atoms with E-state index in [1.807, 2.05) is 0 Å². The molecule has 1 aliphatic rings. The molecule has 1 atom stereocenters. The van der Waals surface area contributed by atoms with Gasteiger partial charge in [-0.05, 0) is 0 Å². The minimum Gasteiger partial charge on any atom is -0.623 e. The van der Waals surface area contributed by atoms with Crippen molar-refractivity contribution in [2.45, 2.75) is 12.5 Å². The Morgan fingerprint density at radius 3 is 2.71 bits per heavy atom. The first kappa shape index (κ1) is 4.37. The summed E-state index contributed by atoms with van der Waals surface area (Å²) in [5, 5.41) is 10.1. The topological polar surface area (TPSA) is 26.1 Å². The molecule has 1 heterocycles. The van der Waals surface area contributed by atoms with E-state index in [0.29, 0.717) is 0 Å². The van der Waals surface area contributed by atoms with Crippen molar-refractivity contribution in [1.29, 1.82) is 0 Å². The average molecular weight is 97.1 g/mol. The summed E-state index contributed by atoms with van der Waals surface area (Å²) < 4.78 is 0.932. The highest BCUT2D eigenvalue weighted by atomic mass is 16.5. The van der Waals surface area contributed by atoms with Gasteiger partial charge in [-0.3, -0.25) is 0 Å². The highest BCUT2D eigenvalue weighted by Gasteiger charge is 2.27. The molecule has 1 unspecified atom stereocenters. The first-order valence-corrected chi connectivity index (χ1v) is 2.26. The van der Waals surface area contributed by atoms with E-state index in [1.54, 1.807) is 12.3 Å². The molecule has 7 heavy (non-hydrogen) atoms. The third-order valence-electron chi connectivity index (χ3n) is 0.964. The quantitative estimate of drug-likeness (QED) is 0.280. The first-order chi connectivity index (χ1) is 3.34. The molecule has 1 rings (SSSR count). The molecule has 2 nitrogen and oxygen atoms in total. The lowest BCUT2D eigenvalue weighted by atomic mass is 10.3. The Kier molecular flexibility index (Phi) is 0.855. The van der Waals surface area contributed by atoms with Crippen LogP contribution in [0.3, 0.4) is 0 Å². The van der Waals surface area contributed by atoms with E-state index >= 15 is 0 Å². The molecule has 2 heteroatoms. The summed E-state index contributed by atoms with van der Waals surface area (Å²) in [6, 6.07) is 0.150. The van der Waals surface area contributed by atoms with Gasteiger partial charge in [0.1, 0.15) is 0 Å². The molecule has 0 radical (unpaired) electrons. The number of nitrogens with zero attached hydrogens (tertiary/aromatic N) is 1. The van der Waals surface area contributed by atoms with Crippen LogP contribution >= 0.6 is 0 Å². The van der Waals surface area contributed by atoms with E-state index in [1.165, 1.54) is 0 Å². The maximum Gasteiger partial charge on any atom is 0.242 e. The van der Waals surface area contributed by atoms with Gasteiger partial charge in [0, 0.05) is 6.42 Å². The molecule has 0 bridgehead atoms. The van der Waals surface area contributed by atoms with Crippen molar-refractivity contribution < 1.29 is 4.74 Å². The molecule has 38 valence electrons. The molecule has 0 aromatic heterocycles. The lowest BCUT2D eigenvalue weighted by molar-refractivity contribution is -0.393. The second-order valence-electron chi connectivity index (χ2n) is 1.60. The van der Waals surface area contributed by atoms with Gasteiger partial charge in [0.15, 0.2) is 0 Å². The summed E-state index contributed by atoms with van der Waals surface area (Å²) in [7, 11) is 0. The fourth-order valence-corrected chi connectivity index (χ4v) is 0.467. The van der Waals surface area contributed by atoms with E-state index in [-0.39, 0.29) is 6.04 Å². The molecule has 0 amide bonds. The molecular weight excluding hydrogens is 90.1 g/mol. The van der Waals surface area contributed by atoms with Gasteiger partial charge in [-0.1, -0.05) is 6.08 Å².